The van der Waals surface area contributed by atoms with Crippen molar-refractivity contribution in [3.63, 3.8) is 0 Å². The Morgan fingerprint density at radius 1 is 1.27 bits per heavy atom. The van der Waals surface area contributed by atoms with Gasteiger partial charge < -0.3 is 15.4 Å². The molecule has 2 N–H and O–H groups in total. The van der Waals surface area contributed by atoms with E-state index in [9.17, 15) is 0 Å². The van der Waals surface area contributed by atoms with Crippen molar-refractivity contribution >= 4 is 53.0 Å². The molecule has 0 atom stereocenters. The third-order valence-corrected chi connectivity index (χ3v) is 5.33. The number of para-hydroxylation sites is 1. The van der Waals surface area contributed by atoms with E-state index in [-0.39, 0.29) is 24.0 Å². The Kier molecular flexibility index (Phi) is 12.5. The van der Waals surface area contributed by atoms with E-state index in [1.807, 2.05) is 36.7 Å². The van der Waals surface area contributed by atoms with Crippen LogP contribution in [0.1, 0.15) is 25.8 Å². The zero-order chi connectivity index (χ0) is 17.7. The first-order valence-corrected chi connectivity index (χ1v) is 10.4. The maximum absolute atomic E-state index is 5.66. The lowest BCUT2D eigenvalue weighted by Crippen LogP contribution is -2.37. The molecule has 0 aliphatic heterocycles. The van der Waals surface area contributed by atoms with Gasteiger partial charge in [0.25, 0.3) is 0 Å². The number of benzene rings is 1. The molecule has 0 aliphatic rings. The number of halogens is 1. The van der Waals surface area contributed by atoms with Crippen molar-refractivity contribution in [2.45, 2.75) is 31.2 Å². The summed E-state index contributed by atoms with van der Waals surface area (Å²) in [5.74, 6) is 2.80. The first kappa shape index (κ1) is 23.0. The second-order valence-corrected chi connectivity index (χ2v) is 7.40. The molecule has 0 bridgehead atoms. The second kappa shape index (κ2) is 14.1. The monoisotopic (exact) mass is 506 g/mol. The average molecular weight is 506 g/mol. The van der Waals surface area contributed by atoms with Crippen LogP contribution in [0.4, 0.5) is 0 Å². The van der Waals surface area contributed by atoms with Crippen molar-refractivity contribution in [2.24, 2.45) is 4.99 Å². The van der Waals surface area contributed by atoms with Gasteiger partial charge in [-0.05, 0) is 26.3 Å². The first-order valence-electron chi connectivity index (χ1n) is 8.58. The van der Waals surface area contributed by atoms with E-state index in [0.717, 1.165) is 46.9 Å². The Morgan fingerprint density at radius 3 is 2.85 bits per heavy atom. The van der Waals surface area contributed by atoms with E-state index in [1.165, 1.54) is 0 Å². The number of nitrogens with zero attached hydrogens (tertiary/aromatic N) is 2. The van der Waals surface area contributed by atoms with Crippen LogP contribution in [0.15, 0.2) is 45.2 Å². The minimum Gasteiger partial charge on any atom is -0.494 e. The van der Waals surface area contributed by atoms with E-state index in [1.54, 1.807) is 23.1 Å². The number of thioether (sulfide) groups is 1. The molecule has 0 unspecified atom stereocenters. The van der Waals surface area contributed by atoms with Gasteiger partial charge in [-0.3, -0.25) is 0 Å². The van der Waals surface area contributed by atoms with Crippen molar-refractivity contribution in [3.8, 4) is 5.75 Å². The van der Waals surface area contributed by atoms with Gasteiger partial charge in [0.05, 0.1) is 13.2 Å². The standard InChI is InChI=1S/C18H26N4OS2.HI/c1-3-19-17(20-10-7-12-24-18-21-11-13-25-18)22-14-15-8-5-6-9-16(15)23-4-2;/h5-6,8-9,11,13H,3-4,7,10,12,14H2,1-2H3,(H2,19,20,22);1H. The van der Waals surface area contributed by atoms with Gasteiger partial charge in [-0.1, -0.05) is 30.0 Å². The zero-order valence-electron chi connectivity index (χ0n) is 15.2. The number of thiazole rings is 1. The van der Waals surface area contributed by atoms with Crippen molar-refractivity contribution in [2.75, 3.05) is 25.4 Å². The summed E-state index contributed by atoms with van der Waals surface area (Å²) in [5, 5.41) is 8.69. The SMILES string of the molecule is CCNC(=NCc1ccccc1OCC)NCCCSc1nccs1.I. The molecule has 26 heavy (non-hydrogen) atoms. The molecule has 2 aromatic rings. The fourth-order valence-electron chi connectivity index (χ4n) is 2.16. The van der Waals surface area contributed by atoms with Crippen LogP contribution in [0.3, 0.4) is 0 Å². The predicted molar refractivity (Wildman–Crippen MR) is 123 cm³/mol. The Bertz CT molecular complexity index is 638. The molecule has 0 saturated carbocycles. The Morgan fingerprint density at radius 2 is 2.12 bits per heavy atom. The average Bonchev–Trinajstić information content (AvgIpc) is 3.14. The van der Waals surface area contributed by atoms with E-state index in [0.29, 0.717) is 13.2 Å². The van der Waals surface area contributed by atoms with Crippen molar-refractivity contribution in [3.05, 3.63) is 41.4 Å². The number of rotatable bonds is 10. The molecule has 1 heterocycles. The van der Waals surface area contributed by atoms with Gasteiger partial charge in [-0.15, -0.1) is 35.3 Å². The molecule has 8 heteroatoms. The molecule has 0 amide bonds. The lowest BCUT2D eigenvalue weighted by atomic mass is 10.2. The maximum Gasteiger partial charge on any atom is 0.191 e. The van der Waals surface area contributed by atoms with E-state index in [4.69, 9.17) is 4.74 Å². The summed E-state index contributed by atoms with van der Waals surface area (Å²) in [6.45, 7) is 7.05. The molecule has 1 aromatic carbocycles. The largest absolute Gasteiger partial charge is 0.494 e. The molecule has 0 fully saturated rings. The van der Waals surface area contributed by atoms with Crippen LogP contribution in [0.2, 0.25) is 0 Å². The topological polar surface area (TPSA) is 58.5 Å². The van der Waals surface area contributed by atoms with Crippen LogP contribution in [-0.4, -0.2) is 36.4 Å². The van der Waals surface area contributed by atoms with Crippen LogP contribution in [0, 0.1) is 0 Å². The molecular formula is C18H27IN4OS2. The molecular weight excluding hydrogens is 479 g/mol. The minimum absolute atomic E-state index is 0. The van der Waals surface area contributed by atoms with E-state index < -0.39 is 0 Å². The van der Waals surface area contributed by atoms with Crippen LogP contribution >= 0.6 is 47.1 Å². The highest BCUT2D eigenvalue weighted by Crippen LogP contribution is 2.20. The molecule has 144 valence electrons. The highest BCUT2D eigenvalue weighted by atomic mass is 127. The molecule has 0 aliphatic carbocycles. The summed E-state index contributed by atoms with van der Waals surface area (Å²) in [6.07, 6.45) is 2.91. The normalized spacial score (nSPS) is 10.9. The summed E-state index contributed by atoms with van der Waals surface area (Å²) in [4.78, 5) is 8.95. The molecule has 2 rings (SSSR count). The van der Waals surface area contributed by atoms with Crippen molar-refractivity contribution < 1.29 is 4.74 Å². The van der Waals surface area contributed by atoms with Gasteiger partial charge >= 0.3 is 0 Å². The van der Waals surface area contributed by atoms with Crippen LogP contribution in [-0.2, 0) is 6.54 Å². The number of aromatic nitrogens is 1. The summed E-state index contributed by atoms with van der Waals surface area (Å²) >= 11 is 3.49. The number of nitrogens with one attached hydrogen (secondary N) is 2. The number of ether oxygens (including phenoxy) is 1. The Hall–Kier alpha value is -1.000. The fraction of sp³-hybridized carbons (Fsp3) is 0.444. The second-order valence-electron chi connectivity index (χ2n) is 5.16. The molecule has 5 nitrogen and oxygen atoms in total. The van der Waals surface area contributed by atoms with Crippen molar-refractivity contribution in [1.82, 2.24) is 15.6 Å². The summed E-state index contributed by atoms with van der Waals surface area (Å²) in [7, 11) is 0. The van der Waals surface area contributed by atoms with E-state index >= 15 is 0 Å². The zero-order valence-corrected chi connectivity index (χ0v) is 19.2. The highest BCUT2D eigenvalue weighted by molar-refractivity contribution is 14.0. The van der Waals surface area contributed by atoms with Gasteiger partial charge in [0.15, 0.2) is 5.96 Å². The number of hydrogen-bond donors (Lipinski definition) is 2. The minimum atomic E-state index is 0. The predicted octanol–water partition coefficient (Wildman–Crippen LogP) is 4.40. The van der Waals surface area contributed by atoms with E-state index in [2.05, 4.69) is 33.6 Å². The fourth-order valence-corrected chi connectivity index (χ4v) is 3.80. The van der Waals surface area contributed by atoms with Gasteiger partial charge in [-0.2, -0.15) is 0 Å². The van der Waals surface area contributed by atoms with Gasteiger partial charge in [-0.25, -0.2) is 9.98 Å². The smallest absolute Gasteiger partial charge is 0.191 e. The van der Waals surface area contributed by atoms with Crippen LogP contribution < -0.4 is 15.4 Å². The van der Waals surface area contributed by atoms with Gasteiger partial charge in [0.1, 0.15) is 10.1 Å². The molecule has 0 saturated heterocycles. The van der Waals surface area contributed by atoms with Gasteiger partial charge in [0.2, 0.25) is 0 Å². The lowest BCUT2D eigenvalue weighted by Gasteiger charge is -2.12. The van der Waals surface area contributed by atoms with Crippen molar-refractivity contribution in [1.29, 1.82) is 0 Å². The number of hydrogen-bond acceptors (Lipinski definition) is 5. The van der Waals surface area contributed by atoms with Crippen LogP contribution in [0.5, 0.6) is 5.75 Å². The lowest BCUT2D eigenvalue weighted by molar-refractivity contribution is 0.336. The quantitative estimate of drug-likeness (QED) is 0.165. The summed E-state index contributed by atoms with van der Waals surface area (Å²) in [6, 6.07) is 8.05. The third-order valence-electron chi connectivity index (χ3n) is 3.27. The maximum atomic E-state index is 5.66. The summed E-state index contributed by atoms with van der Waals surface area (Å²) in [5.41, 5.74) is 1.10. The first-order chi connectivity index (χ1) is 12.3. The number of guanidine groups is 1. The molecule has 0 radical (unpaired) electrons. The Balaban J connectivity index is 0.00000338. The number of aliphatic imine (C=N–C) groups is 1. The van der Waals surface area contributed by atoms with Crippen LogP contribution in [0.25, 0.3) is 0 Å². The molecule has 1 aromatic heterocycles. The Labute approximate surface area is 181 Å². The third kappa shape index (κ3) is 8.59. The molecule has 0 spiro atoms. The summed E-state index contributed by atoms with van der Waals surface area (Å²) < 4.78 is 6.79. The highest BCUT2D eigenvalue weighted by Gasteiger charge is 2.03. The van der Waals surface area contributed by atoms with Gasteiger partial charge in [0, 0.05) is 36.0 Å².